The highest BCUT2D eigenvalue weighted by Gasteiger charge is 2.13. The number of halogens is 1. The summed E-state index contributed by atoms with van der Waals surface area (Å²) in [5, 5.41) is 0. The molecule has 0 saturated carbocycles. The van der Waals surface area contributed by atoms with Gasteiger partial charge in [-0.1, -0.05) is 6.07 Å². The van der Waals surface area contributed by atoms with Crippen molar-refractivity contribution in [2.24, 2.45) is 5.73 Å². The van der Waals surface area contributed by atoms with E-state index in [1.165, 1.54) is 13.2 Å². The SMILES string of the molecule is COc1ccc(CCN(C)C(=O)C(C)N)cc1F. The maximum absolute atomic E-state index is 13.4. The molecule has 1 atom stereocenters. The van der Waals surface area contributed by atoms with Gasteiger partial charge in [0.25, 0.3) is 0 Å². The molecule has 0 aromatic heterocycles. The second kappa shape index (κ2) is 6.35. The van der Waals surface area contributed by atoms with Crippen LogP contribution in [0.1, 0.15) is 12.5 Å². The lowest BCUT2D eigenvalue weighted by Crippen LogP contribution is -2.40. The zero-order valence-corrected chi connectivity index (χ0v) is 10.9. The molecule has 0 spiro atoms. The molecule has 1 rings (SSSR count). The van der Waals surface area contributed by atoms with Gasteiger partial charge in [0.1, 0.15) is 0 Å². The van der Waals surface area contributed by atoms with Gasteiger partial charge in [0.2, 0.25) is 5.91 Å². The van der Waals surface area contributed by atoms with E-state index >= 15 is 0 Å². The van der Waals surface area contributed by atoms with Crippen molar-refractivity contribution in [3.8, 4) is 5.75 Å². The van der Waals surface area contributed by atoms with Gasteiger partial charge >= 0.3 is 0 Å². The van der Waals surface area contributed by atoms with Crippen LogP contribution in [0.5, 0.6) is 5.75 Å². The predicted octanol–water partition coefficient (Wildman–Crippen LogP) is 1.18. The molecule has 1 unspecified atom stereocenters. The van der Waals surface area contributed by atoms with Crippen molar-refractivity contribution in [2.45, 2.75) is 19.4 Å². The molecular weight excluding hydrogens is 235 g/mol. The van der Waals surface area contributed by atoms with Crippen LogP contribution in [0.3, 0.4) is 0 Å². The molecule has 0 fully saturated rings. The third-order valence-electron chi connectivity index (χ3n) is 2.72. The number of likely N-dealkylation sites (N-methyl/N-ethyl adjacent to an activating group) is 1. The van der Waals surface area contributed by atoms with E-state index in [0.717, 1.165) is 5.56 Å². The zero-order chi connectivity index (χ0) is 13.7. The Morgan fingerprint density at radius 1 is 1.56 bits per heavy atom. The van der Waals surface area contributed by atoms with Crippen molar-refractivity contribution < 1.29 is 13.9 Å². The molecule has 4 nitrogen and oxygen atoms in total. The summed E-state index contributed by atoms with van der Waals surface area (Å²) in [6.07, 6.45) is 0.579. The number of methoxy groups -OCH3 is 1. The third-order valence-corrected chi connectivity index (χ3v) is 2.72. The van der Waals surface area contributed by atoms with Crippen molar-refractivity contribution in [2.75, 3.05) is 20.7 Å². The van der Waals surface area contributed by atoms with Crippen LogP contribution in [0, 0.1) is 5.82 Å². The van der Waals surface area contributed by atoms with E-state index in [2.05, 4.69) is 0 Å². The fourth-order valence-electron chi connectivity index (χ4n) is 1.62. The maximum atomic E-state index is 13.4. The molecule has 1 aromatic carbocycles. The van der Waals surface area contributed by atoms with Crippen LogP contribution in [0.4, 0.5) is 4.39 Å². The molecule has 2 N–H and O–H groups in total. The molecule has 0 aliphatic carbocycles. The second-order valence-corrected chi connectivity index (χ2v) is 4.27. The van der Waals surface area contributed by atoms with Crippen LogP contribution < -0.4 is 10.5 Å². The summed E-state index contributed by atoms with van der Waals surface area (Å²) in [4.78, 5) is 13.1. The monoisotopic (exact) mass is 254 g/mol. The topological polar surface area (TPSA) is 55.6 Å². The van der Waals surface area contributed by atoms with E-state index < -0.39 is 11.9 Å². The van der Waals surface area contributed by atoms with Gasteiger partial charge in [-0.15, -0.1) is 0 Å². The van der Waals surface area contributed by atoms with Crippen LogP contribution >= 0.6 is 0 Å². The van der Waals surface area contributed by atoms with Crippen molar-refractivity contribution in [3.63, 3.8) is 0 Å². The summed E-state index contributed by atoms with van der Waals surface area (Å²) in [5.41, 5.74) is 6.32. The number of ether oxygens (including phenoxy) is 1. The van der Waals surface area contributed by atoms with E-state index in [1.54, 1.807) is 31.0 Å². The third kappa shape index (κ3) is 3.70. The van der Waals surface area contributed by atoms with Crippen LogP contribution in [-0.4, -0.2) is 37.6 Å². The highest BCUT2D eigenvalue weighted by molar-refractivity contribution is 5.80. The molecular formula is C13H19FN2O2. The fraction of sp³-hybridized carbons (Fsp3) is 0.462. The molecule has 5 heteroatoms. The number of hydrogen-bond donors (Lipinski definition) is 1. The summed E-state index contributed by atoms with van der Waals surface area (Å²) in [5.74, 6) is -0.293. The molecule has 18 heavy (non-hydrogen) atoms. The van der Waals surface area contributed by atoms with Gasteiger partial charge in [-0.25, -0.2) is 4.39 Å². The molecule has 100 valence electrons. The Hall–Kier alpha value is -1.62. The van der Waals surface area contributed by atoms with Gasteiger partial charge in [-0.05, 0) is 31.0 Å². The highest BCUT2D eigenvalue weighted by atomic mass is 19.1. The van der Waals surface area contributed by atoms with Gasteiger partial charge in [-0.2, -0.15) is 0 Å². The Morgan fingerprint density at radius 2 is 2.22 bits per heavy atom. The van der Waals surface area contributed by atoms with Crippen LogP contribution in [-0.2, 0) is 11.2 Å². The van der Waals surface area contributed by atoms with E-state index in [0.29, 0.717) is 13.0 Å². The van der Waals surface area contributed by atoms with Gasteiger partial charge in [-0.3, -0.25) is 4.79 Å². The molecule has 1 amide bonds. The van der Waals surface area contributed by atoms with E-state index in [9.17, 15) is 9.18 Å². The summed E-state index contributed by atoms with van der Waals surface area (Å²) in [7, 11) is 3.11. The Bertz CT molecular complexity index is 421. The molecule has 0 radical (unpaired) electrons. The minimum Gasteiger partial charge on any atom is -0.494 e. The van der Waals surface area contributed by atoms with Crippen molar-refractivity contribution in [1.82, 2.24) is 4.90 Å². The van der Waals surface area contributed by atoms with Gasteiger partial charge < -0.3 is 15.4 Å². The largest absolute Gasteiger partial charge is 0.494 e. The molecule has 1 aromatic rings. The van der Waals surface area contributed by atoms with Crippen LogP contribution in [0.15, 0.2) is 18.2 Å². The first kappa shape index (κ1) is 14.4. The Balaban J connectivity index is 2.59. The number of nitrogens with zero attached hydrogens (tertiary/aromatic N) is 1. The van der Waals surface area contributed by atoms with Gasteiger partial charge in [0.15, 0.2) is 11.6 Å². The highest BCUT2D eigenvalue weighted by Crippen LogP contribution is 2.17. The average molecular weight is 254 g/mol. The smallest absolute Gasteiger partial charge is 0.238 e. The normalized spacial score (nSPS) is 12.1. The van der Waals surface area contributed by atoms with Gasteiger partial charge in [0, 0.05) is 13.6 Å². The molecule has 0 aliphatic heterocycles. The summed E-state index contributed by atoms with van der Waals surface area (Å²) in [6.45, 7) is 2.15. The maximum Gasteiger partial charge on any atom is 0.238 e. The quantitative estimate of drug-likeness (QED) is 0.858. The average Bonchev–Trinajstić information content (AvgIpc) is 2.35. The summed E-state index contributed by atoms with van der Waals surface area (Å²) < 4.78 is 18.3. The van der Waals surface area contributed by atoms with Crippen molar-refractivity contribution in [3.05, 3.63) is 29.6 Å². The Labute approximate surface area is 107 Å². The van der Waals surface area contributed by atoms with E-state index in [4.69, 9.17) is 10.5 Å². The second-order valence-electron chi connectivity index (χ2n) is 4.27. The Kier molecular flexibility index (Phi) is 5.09. The first-order valence-corrected chi connectivity index (χ1v) is 5.78. The first-order valence-electron chi connectivity index (χ1n) is 5.78. The number of hydrogen-bond acceptors (Lipinski definition) is 3. The molecule has 0 saturated heterocycles. The molecule has 0 bridgehead atoms. The molecule has 0 aliphatic rings. The number of rotatable bonds is 5. The predicted molar refractivity (Wildman–Crippen MR) is 67.9 cm³/mol. The lowest BCUT2D eigenvalue weighted by molar-refractivity contribution is -0.130. The summed E-state index contributed by atoms with van der Waals surface area (Å²) >= 11 is 0. The number of benzene rings is 1. The van der Waals surface area contributed by atoms with Crippen molar-refractivity contribution >= 4 is 5.91 Å². The van der Waals surface area contributed by atoms with Crippen LogP contribution in [0.2, 0.25) is 0 Å². The zero-order valence-electron chi connectivity index (χ0n) is 10.9. The number of carbonyl (C=O) groups is 1. The number of carbonyl (C=O) groups excluding carboxylic acids is 1. The lowest BCUT2D eigenvalue weighted by Gasteiger charge is -2.19. The van der Waals surface area contributed by atoms with E-state index in [1.807, 2.05) is 0 Å². The van der Waals surface area contributed by atoms with Gasteiger partial charge in [0.05, 0.1) is 13.2 Å². The van der Waals surface area contributed by atoms with E-state index in [-0.39, 0.29) is 11.7 Å². The van der Waals surface area contributed by atoms with Crippen molar-refractivity contribution in [1.29, 1.82) is 0 Å². The number of amides is 1. The molecule has 0 heterocycles. The Morgan fingerprint density at radius 3 is 2.72 bits per heavy atom. The minimum atomic E-state index is -0.511. The standard InChI is InChI=1S/C13H19FN2O2/c1-9(15)13(17)16(2)7-6-10-4-5-12(18-3)11(14)8-10/h4-5,8-9H,6-7,15H2,1-3H3. The summed E-state index contributed by atoms with van der Waals surface area (Å²) in [6, 6.07) is 4.27. The first-order chi connectivity index (χ1) is 8.45. The fourth-order valence-corrected chi connectivity index (χ4v) is 1.62. The number of nitrogens with two attached hydrogens (primary N) is 1. The van der Waals surface area contributed by atoms with Crippen LogP contribution in [0.25, 0.3) is 0 Å². The lowest BCUT2D eigenvalue weighted by atomic mass is 10.1. The minimum absolute atomic E-state index is 0.121.